The third-order valence-electron chi connectivity index (χ3n) is 3.09. The van der Waals surface area contributed by atoms with Gasteiger partial charge in [-0.2, -0.15) is 0 Å². The lowest BCUT2D eigenvalue weighted by molar-refractivity contribution is 0.102. The molecule has 0 aliphatic rings. The van der Waals surface area contributed by atoms with Crippen molar-refractivity contribution in [1.82, 2.24) is 4.98 Å². The van der Waals surface area contributed by atoms with Gasteiger partial charge >= 0.3 is 5.63 Å². The minimum Gasteiger partial charge on any atom is -0.497 e. The number of methoxy groups -OCH3 is 1. The molecule has 0 fully saturated rings. The Kier molecular flexibility index (Phi) is 3.57. The highest BCUT2D eigenvalue weighted by Crippen LogP contribution is 2.20. The van der Waals surface area contributed by atoms with Gasteiger partial charge in [0.15, 0.2) is 0 Å². The van der Waals surface area contributed by atoms with Gasteiger partial charge in [0.1, 0.15) is 22.7 Å². The Morgan fingerprint density at radius 3 is 2.82 bits per heavy atom. The van der Waals surface area contributed by atoms with Crippen molar-refractivity contribution in [3.8, 4) is 5.75 Å². The fourth-order valence-corrected chi connectivity index (χ4v) is 2.00. The molecule has 0 unspecified atom stereocenters. The molecular weight excluding hydrogens is 284 g/mol. The van der Waals surface area contributed by atoms with Crippen LogP contribution in [0.5, 0.6) is 5.75 Å². The van der Waals surface area contributed by atoms with Gasteiger partial charge in [0.2, 0.25) is 0 Å². The molecule has 2 heterocycles. The van der Waals surface area contributed by atoms with Gasteiger partial charge in [-0.15, -0.1) is 0 Å². The van der Waals surface area contributed by atoms with Crippen LogP contribution in [0.25, 0.3) is 11.0 Å². The molecular formula is C16H12N2O4. The number of rotatable bonds is 3. The maximum Gasteiger partial charge on any atom is 0.349 e. The zero-order valence-electron chi connectivity index (χ0n) is 11.7. The molecule has 3 aromatic rings. The third-order valence-corrected chi connectivity index (χ3v) is 3.09. The zero-order chi connectivity index (χ0) is 15.5. The van der Waals surface area contributed by atoms with Gasteiger partial charge in [-0.3, -0.25) is 4.79 Å². The predicted molar refractivity (Wildman–Crippen MR) is 81.2 cm³/mol. The second kappa shape index (κ2) is 5.69. The van der Waals surface area contributed by atoms with Crippen LogP contribution in [0, 0.1) is 0 Å². The molecule has 0 radical (unpaired) electrons. The van der Waals surface area contributed by atoms with Crippen LogP contribution in [0.4, 0.5) is 5.82 Å². The minimum absolute atomic E-state index is 0.0803. The number of nitrogens with zero attached hydrogens (tertiary/aromatic N) is 1. The van der Waals surface area contributed by atoms with Gasteiger partial charge in [-0.05, 0) is 30.3 Å². The van der Waals surface area contributed by atoms with Gasteiger partial charge in [0.25, 0.3) is 5.91 Å². The topological polar surface area (TPSA) is 81.4 Å². The van der Waals surface area contributed by atoms with Crippen LogP contribution < -0.4 is 15.7 Å². The van der Waals surface area contributed by atoms with Crippen LogP contribution in [0.2, 0.25) is 0 Å². The van der Waals surface area contributed by atoms with E-state index in [1.165, 1.54) is 13.2 Å². The van der Waals surface area contributed by atoms with Crippen LogP contribution >= 0.6 is 0 Å². The Balaban J connectivity index is 1.98. The average molecular weight is 296 g/mol. The Morgan fingerprint density at radius 1 is 1.23 bits per heavy atom. The molecule has 2 aromatic heterocycles. The van der Waals surface area contributed by atoms with Crippen LogP contribution in [-0.4, -0.2) is 18.0 Å². The number of amides is 1. The number of hydrogen-bond donors (Lipinski definition) is 1. The van der Waals surface area contributed by atoms with Crippen molar-refractivity contribution < 1.29 is 13.9 Å². The predicted octanol–water partition coefficient (Wildman–Crippen LogP) is 2.45. The number of anilines is 1. The fourth-order valence-electron chi connectivity index (χ4n) is 2.00. The van der Waals surface area contributed by atoms with E-state index in [1.807, 2.05) is 0 Å². The summed E-state index contributed by atoms with van der Waals surface area (Å²) in [6.45, 7) is 0. The van der Waals surface area contributed by atoms with E-state index in [0.717, 1.165) is 0 Å². The summed E-state index contributed by atoms with van der Waals surface area (Å²) in [5, 5.41) is 3.18. The highest BCUT2D eigenvalue weighted by atomic mass is 16.5. The van der Waals surface area contributed by atoms with E-state index in [4.69, 9.17) is 9.15 Å². The average Bonchev–Trinajstić information content (AvgIpc) is 2.54. The molecule has 0 spiro atoms. The van der Waals surface area contributed by atoms with Crippen molar-refractivity contribution in [1.29, 1.82) is 0 Å². The first-order valence-corrected chi connectivity index (χ1v) is 6.51. The molecule has 0 aliphatic heterocycles. The molecule has 22 heavy (non-hydrogen) atoms. The summed E-state index contributed by atoms with van der Waals surface area (Å²) < 4.78 is 10.2. The lowest BCUT2D eigenvalue weighted by atomic mass is 10.1. The fraction of sp³-hybridized carbons (Fsp3) is 0.0625. The lowest BCUT2D eigenvalue weighted by Gasteiger charge is -2.05. The Morgan fingerprint density at radius 2 is 2.09 bits per heavy atom. The van der Waals surface area contributed by atoms with Gasteiger partial charge in [-0.1, -0.05) is 6.07 Å². The Labute approximate surface area is 125 Å². The first-order valence-electron chi connectivity index (χ1n) is 6.51. The molecule has 0 saturated heterocycles. The largest absolute Gasteiger partial charge is 0.497 e. The van der Waals surface area contributed by atoms with Crippen LogP contribution in [0.3, 0.4) is 0 Å². The summed E-state index contributed by atoms with van der Waals surface area (Å²) in [4.78, 5) is 28.1. The molecule has 3 rings (SSSR count). The first kappa shape index (κ1) is 13.8. The molecule has 110 valence electrons. The first-order chi connectivity index (χ1) is 10.7. The summed E-state index contributed by atoms with van der Waals surface area (Å²) >= 11 is 0. The molecule has 1 N–H and O–H groups in total. The van der Waals surface area contributed by atoms with Crippen molar-refractivity contribution >= 4 is 22.7 Å². The molecule has 0 bridgehead atoms. The minimum atomic E-state index is -0.714. The quantitative estimate of drug-likeness (QED) is 0.751. The van der Waals surface area contributed by atoms with E-state index in [9.17, 15) is 9.59 Å². The van der Waals surface area contributed by atoms with Crippen molar-refractivity contribution in [2.24, 2.45) is 0 Å². The molecule has 1 aromatic carbocycles. The number of fused-ring (bicyclic) bond motifs is 1. The van der Waals surface area contributed by atoms with Crippen molar-refractivity contribution in [2.75, 3.05) is 12.4 Å². The van der Waals surface area contributed by atoms with E-state index in [-0.39, 0.29) is 5.56 Å². The van der Waals surface area contributed by atoms with E-state index < -0.39 is 11.5 Å². The maximum atomic E-state index is 12.2. The van der Waals surface area contributed by atoms with Crippen LogP contribution in [-0.2, 0) is 0 Å². The van der Waals surface area contributed by atoms with E-state index in [0.29, 0.717) is 22.5 Å². The molecule has 0 aliphatic carbocycles. The smallest absolute Gasteiger partial charge is 0.349 e. The zero-order valence-corrected chi connectivity index (χ0v) is 11.7. The van der Waals surface area contributed by atoms with Gasteiger partial charge in [0, 0.05) is 17.6 Å². The summed E-state index contributed by atoms with van der Waals surface area (Å²) in [6, 6.07) is 11.6. The highest BCUT2D eigenvalue weighted by Gasteiger charge is 2.14. The van der Waals surface area contributed by atoms with E-state index in [2.05, 4.69) is 10.3 Å². The number of carbonyl (C=O) groups excluding carboxylic acids is 1. The molecule has 1 amide bonds. The normalized spacial score (nSPS) is 10.4. The number of benzene rings is 1. The summed E-state index contributed by atoms with van der Waals surface area (Å²) in [6.07, 6.45) is 1.55. The summed E-state index contributed by atoms with van der Waals surface area (Å²) in [5.41, 5.74) is -0.434. The number of hydrogen-bond acceptors (Lipinski definition) is 5. The maximum absolute atomic E-state index is 12.2. The number of carbonyl (C=O) groups is 1. The monoisotopic (exact) mass is 296 g/mol. The van der Waals surface area contributed by atoms with E-state index >= 15 is 0 Å². The molecule has 0 atom stereocenters. The third kappa shape index (κ3) is 2.67. The Bertz CT molecular complexity index is 888. The number of nitrogens with one attached hydrogen (secondary N) is 1. The van der Waals surface area contributed by atoms with E-state index in [1.54, 1.807) is 42.6 Å². The highest BCUT2D eigenvalue weighted by molar-refractivity contribution is 6.04. The van der Waals surface area contributed by atoms with Gasteiger partial charge < -0.3 is 14.5 Å². The lowest BCUT2D eigenvalue weighted by Crippen LogP contribution is -2.21. The standard InChI is InChI=1S/C16H12N2O4/c1-21-11-6-5-10-8-12(16(20)22-13(10)9-11)15(19)18-14-4-2-3-7-17-14/h2-9H,1H3,(H,17,18,19). The van der Waals surface area contributed by atoms with Crippen molar-refractivity contribution in [2.45, 2.75) is 0 Å². The second-order valence-corrected chi connectivity index (χ2v) is 4.52. The molecule has 0 saturated carbocycles. The SMILES string of the molecule is COc1ccc2cc(C(=O)Nc3ccccn3)c(=O)oc2c1. The summed E-state index contributed by atoms with van der Waals surface area (Å²) in [7, 11) is 1.52. The summed E-state index contributed by atoms with van der Waals surface area (Å²) in [5.74, 6) is 0.369. The molecule has 6 nitrogen and oxygen atoms in total. The van der Waals surface area contributed by atoms with Gasteiger partial charge in [0.05, 0.1) is 7.11 Å². The number of ether oxygens (including phenoxy) is 1. The second-order valence-electron chi connectivity index (χ2n) is 4.52. The Hall–Kier alpha value is -3.15. The van der Waals surface area contributed by atoms with Crippen molar-refractivity contribution in [3.63, 3.8) is 0 Å². The number of pyridine rings is 1. The molecule has 6 heteroatoms. The van der Waals surface area contributed by atoms with Crippen LogP contribution in [0.1, 0.15) is 10.4 Å². The number of aromatic nitrogens is 1. The van der Waals surface area contributed by atoms with Crippen molar-refractivity contribution in [3.05, 3.63) is 64.6 Å². The van der Waals surface area contributed by atoms with Crippen LogP contribution in [0.15, 0.2) is 57.9 Å². The van der Waals surface area contributed by atoms with Gasteiger partial charge in [-0.25, -0.2) is 9.78 Å².